The first-order valence-electron chi connectivity index (χ1n) is 15.6. The number of fused-ring (bicyclic) bond motifs is 2. The molecule has 0 spiro atoms. The number of thiazole rings is 1. The van der Waals surface area contributed by atoms with Gasteiger partial charge in [0.25, 0.3) is 5.56 Å². The number of ether oxygens (including phenoxy) is 1. The normalized spacial score (nSPS) is 16.0. The van der Waals surface area contributed by atoms with Gasteiger partial charge in [-0.25, -0.2) is 14.2 Å². The average Bonchev–Trinajstić information content (AvgIpc) is 3.70. The van der Waals surface area contributed by atoms with Gasteiger partial charge < -0.3 is 9.30 Å². The molecule has 0 fully saturated rings. The van der Waals surface area contributed by atoms with Crippen molar-refractivity contribution in [2.45, 2.75) is 52.5 Å². The van der Waals surface area contributed by atoms with E-state index in [-0.39, 0.29) is 17.7 Å². The second kappa shape index (κ2) is 12.4. The molecule has 236 valence electrons. The lowest BCUT2D eigenvalue weighted by Gasteiger charge is -2.25. The van der Waals surface area contributed by atoms with Gasteiger partial charge in [-0.05, 0) is 87.4 Å². The van der Waals surface area contributed by atoms with Crippen LogP contribution in [0.5, 0.6) is 0 Å². The predicted molar refractivity (Wildman–Crippen MR) is 182 cm³/mol. The quantitative estimate of drug-likeness (QED) is 0.200. The molecule has 10 heteroatoms. The van der Waals surface area contributed by atoms with Gasteiger partial charge in [0.15, 0.2) is 4.80 Å². The minimum Gasteiger partial charge on any atom is -0.463 e. The summed E-state index contributed by atoms with van der Waals surface area (Å²) in [4.78, 5) is 34.6. The maximum absolute atomic E-state index is 14.3. The van der Waals surface area contributed by atoms with E-state index in [0.29, 0.717) is 26.2 Å². The lowest BCUT2D eigenvalue weighted by Crippen LogP contribution is -2.40. The van der Waals surface area contributed by atoms with Gasteiger partial charge in [0.2, 0.25) is 0 Å². The van der Waals surface area contributed by atoms with Crippen LogP contribution in [-0.4, -0.2) is 21.7 Å². The summed E-state index contributed by atoms with van der Waals surface area (Å²) in [5, 5.41) is 11.1. The Labute approximate surface area is 278 Å². The van der Waals surface area contributed by atoms with Crippen LogP contribution < -0.4 is 14.9 Å². The molecule has 7 rings (SSSR count). The zero-order chi connectivity index (χ0) is 32.8. The third-order valence-electron chi connectivity index (χ3n) is 8.78. The van der Waals surface area contributed by atoms with Crippen molar-refractivity contribution in [2.24, 2.45) is 4.99 Å². The average molecular weight is 663 g/mol. The fourth-order valence-electron chi connectivity index (χ4n) is 6.61. The predicted octanol–water partition coefficient (Wildman–Crippen LogP) is 6.29. The molecule has 2 aromatic carbocycles. The van der Waals surface area contributed by atoms with Crippen LogP contribution in [0.4, 0.5) is 4.39 Å². The van der Waals surface area contributed by atoms with Crippen molar-refractivity contribution in [2.75, 3.05) is 6.61 Å². The van der Waals surface area contributed by atoms with Crippen LogP contribution in [0.15, 0.2) is 76.0 Å². The Kier molecular flexibility index (Phi) is 8.12. The summed E-state index contributed by atoms with van der Waals surface area (Å²) >= 11 is 2.93. The van der Waals surface area contributed by atoms with Crippen molar-refractivity contribution in [1.82, 2.24) is 9.13 Å². The minimum absolute atomic E-state index is 0.140. The molecule has 1 atom stereocenters. The standard InChI is InChI=1S/C37H31FN4O3S2/c1-4-45-36(44)31-32(23-10-6-5-7-11-23)40-37-42(33(31)24-14-16-26(38)17-15-24)34(43)30(47-37)19-25-18-21(2)41(22(25)3)35-28(20-39)27-12-8-9-13-29(27)46-35/h5-7,10-11,14-19,33H,4,8-9,12-13H2,1-3H3/b30-19+/t33-/m0/s1. The maximum Gasteiger partial charge on any atom is 0.338 e. The van der Waals surface area contributed by atoms with Gasteiger partial charge >= 0.3 is 5.97 Å². The van der Waals surface area contributed by atoms with Gasteiger partial charge in [0.1, 0.15) is 16.9 Å². The molecule has 7 nitrogen and oxygen atoms in total. The van der Waals surface area contributed by atoms with Crippen LogP contribution in [0.25, 0.3) is 16.8 Å². The van der Waals surface area contributed by atoms with Gasteiger partial charge in [-0.3, -0.25) is 9.36 Å². The molecule has 0 radical (unpaired) electrons. The monoisotopic (exact) mass is 662 g/mol. The highest BCUT2D eigenvalue weighted by Crippen LogP contribution is 2.39. The van der Waals surface area contributed by atoms with E-state index in [1.54, 1.807) is 30.4 Å². The zero-order valence-corrected chi connectivity index (χ0v) is 27.8. The van der Waals surface area contributed by atoms with E-state index < -0.39 is 17.8 Å². The summed E-state index contributed by atoms with van der Waals surface area (Å²) < 4.78 is 23.7. The maximum atomic E-state index is 14.3. The van der Waals surface area contributed by atoms with Gasteiger partial charge in [-0.15, -0.1) is 11.3 Å². The smallest absolute Gasteiger partial charge is 0.338 e. The number of rotatable bonds is 6. The van der Waals surface area contributed by atoms with Gasteiger partial charge in [-0.1, -0.05) is 53.8 Å². The topological polar surface area (TPSA) is 89.4 Å². The van der Waals surface area contributed by atoms with Crippen molar-refractivity contribution < 1.29 is 13.9 Å². The number of esters is 1. The number of benzene rings is 2. The van der Waals surface area contributed by atoms with Crippen molar-refractivity contribution in [3.05, 3.63) is 136 Å². The molecule has 47 heavy (non-hydrogen) atoms. The number of nitrogens with zero attached hydrogens (tertiary/aromatic N) is 4. The van der Waals surface area contributed by atoms with E-state index >= 15 is 0 Å². The van der Waals surface area contributed by atoms with E-state index in [1.165, 1.54) is 38.5 Å². The van der Waals surface area contributed by atoms with E-state index in [2.05, 4.69) is 10.6 Å². The summed E-state index contributed by atoms with van der Waals surface area (Å²) in [6, 6.07) is 18.8. The SMILES string of the molecule is CCOC(=O)C1=C(c2ccccc2)N=c2s/c(=C/c3cc(C)n(-c4sc5c(c4C#N)CCCC5)c3C)c(=O)n2[C@H]1c1ccc(F)cc1. The second-order valence-corrected chi connectivity index (χ2v) is 13.7. The summed E-state index contributed by atoms with van der Waals surface area (Å²) in [7, 11) is 0. The number of hydrogen-bond donors (Lipinski definition) is 0. The highest BCUT2D eigenvalue weighted by molar-refractivity contribution is 7.15. The Morgan fingerprint density at radius 1 is 1.11 bits per heavy atom. The van der Waals surface area contributed by atoms with Crippen LogP contribution >= 0.6 is 22.7 Å². The lowest BCUT2D eigenvalue weighted by atomic mass is 9.93. The summed E-state index contributed by atoms with van der Waals surface area (Å²) in [6.45, 7) is 5.88. The van der Waals surface area contributed by atoms with Gasteiger partial charge in [0, 0.05) is 21.8 Å². The number of aryl methyl sites for hydroxylation is 2. The van der Waals surface area contributed by atoms with Crippen molar-refractivity contribution in [3.63, 3.8) is 0 Å². The zero-order valence-electron chi connectivity index (χ0n) is 26.2. The van der Waals surface area contributed by atoms with Crippen molar-refractivity contribution >= 4 is 40.4 Å². The summed E-state index contributed by atoms with van der Waals surface area (Å²) in [5.41, 5.74) is 6.26. The molecule has 2 aliphatic rings. The number of nitriles is 1. The van der Waals surface area contributed by atoms with Crippen molar-refractivity contribution in [3.8, 4) is 11.1 Å². The van der Waals surface area contributed by atoms with Crippen LogP contribution in [-0.2, 0) is 22.4 Å². The number of hydrogen-bond acceptors (Lipinski definition) is 7. The lowest BCUT2D eigenvalue weighted by molar-refractivity contribution is -0.138. The Hall–Kier alpha value is -4.85. The summed E-state index contributed by atoms with van der Waals surface area (Å²) in [6.07, 6.45) is 6.01. The van der Waals surface area contributed by atoms with E-state index in [0.717, 1.165) is 53.2 Å². The first-order chi connectivity index (χ1) is 22.8. The minimum atomic E-state index is -0.883. The highest BCUT2D eigenvalue weighted by atomic mass is 32.1. The fourth-order valence-corrected chi connectivity index (χ4v) is 9.05. The van der Waals surface area contributed by atoms with Gasteiger partial charge in [0.05, 0.1) is 34.0 Å². The Morgan fingerprint density at radius 2 is 1.85 bits per heavy atom. The van der Waals surface area contributed by atoms with E-state index in [4.69, 9.17) is 9.73 Å². The molecule has 5 aromatic rings. The molecule has 0 saturated heterocycles. The molecule has 0 bridgehead atoms. The Balaban J connectivity index is 1.44. The third kappa shape index (κ3) is 5.29. The Morgan fingerprint density at radius 3 is 2.57 bits per heavy atom. The van der Waals surface area contributed by atoms with Crippen LogP contribution in [0.2, 0.25) is 0 Å². The van der Waals surface area contributed by atoms with Crippen LogP contribution in [0.3, 0.4) is 0 Å². The molecule has 1 aliphatic carbocycles. The number of halogens is 1. The van der Waals surface area contributed by atoms with E-state index in [1.807, 2.05) is 56.3 Å². The van der Waals surface area contributed by atoms with Crippen molar-refractivity contribution in [1.29, 1.82) is 5.26 Å². The second-order valence-electron chi connectivity index (χ2n) is 11.6. The number of carbonyl (C=O) groups is 1. The van der Waals surface area contributed by atoms with Crippen LogP contribution in [0, 0.1) is 31.0 Å². The molecule has 0 unspecified atom stereocenters. The number of aromatic nitrogens is 2. The highest BCUT2D eigenvalue weighted by Gasteiger charge is 2.35. The van der Waals surface area contributed by atoms with Crippen LogP contribution in [0.1, 0.15) is 69.9 Å². The molecule has 3 aromatic heterocycles. The molecule has 1 aliphatic heterocycles. The fraction of sp³-hybridized carbons (Fsp3) is 0.243. The molecule has 4 heterocycles. The Bertz CT molecular complexity index is 2300. The molecule has 0 N–H and O–H groups in total. The first kappa shape index (κ1) is 30.8. The van der Waals surface area contributed by atoms with Gasteiger partial charge in [-0.2, -0.15) is 5.26 Å². The largest absolute Gasteiger partial charge is 0.463 e. The third-order valence-corrected chi connectivity index (χ3v) is 11.0. The first-order valence-corrected chi connectivity index (χ1v) is 17.2. The number of carbonyl (C=O) groups excluding carboxylic acids is 1. The van der Waals surface area contributed by atoms with E-state index in [9.17, 15) is 19.2 Å². The number of thiophene rings is 1. The molecular weight excluding hydrogens is 632 g/mol. The molecular formula is C37H31FN4O3S2. The molecule has 0 saturated carbocycles. The molecule has 0 amide bonds. The summed E-state index contributed by atoms with van der Waals surface area (Å²) in [5.74, 6) is -1.01.